The molecule has 1 aromatic rings. The van der Waals surface area contributed by atoms with Crippen molar-refractivity contribution in [3.05, 3.63) is 35.4 Å². The van der Waals surface area contributed by atoms with Crippen molar-refractivity contribution in [1.29, 1.82) is 0 Å². The molecular formula is C14H19BO2. The summed E-state index contributed by atoms with van der Waals surface area (Å²) in [5, 5.41) is 0. The predicted molar refractivity (Wildman–Crippen MR) is 72.1 cm³/mol. The average Bonchev–Trinajstić information content (AvgIpc) is 2.28. The number of ketones is 2. The summed E-state index contributed by atoms with van der Waals surface area (Å²) >= 11 is 0. The van der Waals surface area contributed by atoms with E-state index in [1.165, 1.54) is 0 Å². The van der Waals surface area contributed by atoms with Gasteiger partial charge in [0.15, 0.2) is 0 Å². The molecule has 0 atom stereocenters. The molecule has 0 spiro atoms. The Morgan fingerprint density at radius 3 is 2.18 bits per heavy atom. The zero-order valence-electron chi connectivity index (χ0n) is 10.7. The SMILES string of the molecule is BCCC(=O)Cc1ccc(CCC(C)=O)cc1. The molecule has 2 nitrogen and oxygen atoms in total. The third-order valence-electron chi connectivity index (χ3n) is 2.72. The largest absolute Gasteiger partial charge is 0.300 e. The van der Waals surface area contributed by atoms with Gasteiger partial charge in [0.05, 0.1) is 0 Å². The second-order valence-electron chi connectivity index (χ2n) is 4.48. The molecule has 0 heterocycles. The maximum atomic E-state index is 11.5. The van der Waals surface area contributed by atoms with Gasteiger partial charge in [0.1, 0.15) is 19.4 Å². The third kappa shape index (κ3) is 5.48. The second kappa shape index (κ2) is 7.05. The fourth-order valence-corrected chi connectivity index (χ4v) is 1.74. The van der Waals surface area contributed by atoms with Gasteiger partial charge < -0.3 is 4.79 Å². The van der Waals surface area contributed by atoms with Crippen LogP contribution in [0.5, 0.6) is 0 Å². The number of carbonyl (C=O) groups excluding carboxylic acids is 2. The Morgan fingerprint density at radius 2 is 1.65 bits per heavy atom. The van der Waals surface area contributed by atoms with Crippen LogP contribution in [0.1, 0.15) is 30.9 Å². The number of benzene rings is 1. The van der Waals surface area contributed by atoms with Crippen LogP contribution in [0.25, 0.3) is 0 Å². The van der Waals surface area contributed by atoms with Crippen molar-refractivity contribution in [2.45, 2.75) is 38.9 Å². The maximum absolute atomic E-state index is 11.5. The Balaban J connectivity index is 2.49. The molecule has 0 unspecified atom stereocenters. The quantitative estimate of drug-likeness (QED) is 0.669. The molecule has 0 fully saturated rings. The van der Waals surface area contributed by atoms with Gasteiger partial charge in [-0.1, -0.05) is 30.6 Å². The number of rotatable bonds is 7. The first-order valence-corrected chi connectivity index (χ1v) is 6.20. The van der Waals surface area contributed by atoms with Crippen LogP contribution in [0.3, 0.4) is 0 Å². The van der Waals surface area contributed by atoms with Crippen molar-refractivity contribution in [2.75, 3.05) is 0 Å². The molecule has 0 aliphatic carbocycles. The Bertz CT molecular complexity index is 382. The summed E-state index contributed by atoms with van der Waals surface area (Å²) in [6, 6.07) is 8.00. The lowest BCUT2D eigenvalue weighted by Gasteiger charge is -2.03. The Morgan fingerprint density at radius 1 is 1.06 bits per heavy atom. The Hall–Kier alpha value is -1.38. The van der Waals surface area contributed by atoms with Crippen molar-refractivity contribution in [3.8, 4) is 0 Å². The van der Waals surface area contributed by atoms with Crippen LogP contribution in [0.15, 0.2) is 24.3 Å². The number of carbonyl (C=O) groups is 2. The minimum atomic E-state index is 0.215. The lowest BCUT2D eigenvalue weighted by molar-refractivity contribution is -0.118. The average molecular weight is 230 g/mol. The fourth-order valence-electron chi connectivity index (χ4n) is 1.74. The van der Waals surface area contributed by atoms with Crippen LogP contribution in [-0.4, -0.2) is 19.4 Å². The Labute approximate surface area is 104 Å². The highest BCUT2D eigenvalue weighted by Crippen LogP contribution is 2.09. The zero-order chi connectivity index (χ0) is 12.7. The fraction of sp³-hybridized carbons (Fsp3) is 0.429. The summed E-state index contributed by atoms with van der Waals surface area (Å²) in [4.78, 5) is 22.3. The van der Waals surface area contributed by atoms with E-state index in [1.807, 2.05) is 32.1 Å². The van der Waals surface area contributed by atoms with Gasteiger partial charge in [-0.25, -0.2) is 0 Å². The summed E-state index contributed by atoms with van der Waals surface area (Å²) in [6.45, 7) is 1.61. The van der Waals surface area contributed by atoms with E-state index in [4.69, 9.17) is 0 Å². The smallest absolute Gasteiger partial charge is 0.136 e. The van der Waals surface area contributed by atoms with Crippen molar-refractivity contribution >= 4 is 19.4 Å². The molecule has 0 N–H and O–H groups in total. The summed E-state index contributed by atoms with van der Waals surface area (Å²) in [7, 11) is 2.02. The van der Waals surface area contributed by atoms with Crippen LogP contribution >= 0.6 is 0 Å². The highest BCUT2D eigenvalue weighted by molar-refractivity contribution is 6.10. The molecule has 90 valence electrons. The van der Waals surface area contributed by atoms with E-state index in [2.05, 4.69) is 0 Å². The van der Waals surface area contributed by atoms with E-state index in [0.29, 0.717) is 25.0 Å². The number of hydrogen-bond donors (Lipinski definition) is 0. The van der Waals surface area contributed by atoms with E-state index in [9.17, 15) is 9.59 Å². The molecule has 0 aromatic heterocycles. The van der Waals surface area contributed by atoms with Crippen LogP contribution < -0.4 is 0 Å². The van der Waals surface area contributed by atoms with Gasteiger partial charge in [0.2, 0.25) is 0 Å². The zero-order valence-corrected chi connectivity index (χ0v) is 10.7. The number of Topliss-reactive ketones (excluding diaryl/α,β-unsaturated/α-hetero) is 2. The molecule has 0 amide bonds. The minimum Gasteiger partial charge on any atom is -0.300 e. The standard InChI is InChI=1S/C14H19BO2/c1-11(16)2-3-12-4-6-13(7-5-12)10-14(17)8-9-15/h4-7H,2-3,8-10,15H2,1H3. The summed E-state index contributed by atoms with van der Waals surface area (Å²) in [5.74, 6) is 0.510. The summed E-state index contributed by atoms with van der Waals surface area (Å²) in [5.41, 5.74) is 2.22. The van der Waals surface area contributed by atoms with Crippen LogP contribution in [0, 0.1) is 0 Å². The molecule has 1 aromatic carbocycles. The molecule has 0 radical (unpaired) electrons. The van der Waals surface area contributed by atoms with Gasteiger partial charge in [0, 0.05) is 12.8 Å². The van der Waals surface area contributed by atoms with Gasteiger partial charge in [-0.2, -0.15) is 0 Å². The molecule has 0 saturated carbocycles. The maximum Gasteiger partial charge on any atom is 0.136 e. The van der Waals surface area contributed by atoms with Crippen molar-refractivity contribution in [3.63, 3.8) is 0 Å². The van der Waals surface area contributed by atoms with Crippen molar-refractivity contribution in [2.24, 2.45) is 0 Å². The summed E-state index contributed by atoms with van der Waals surface area (Å²) in [6.07, 6.45) is 3.48. The number of hydrogen-bond acceptors (Lipinski definition) is 2. The van der Waals surface area contributed by atoms with Crippen molar-refractivity contribution < 1.29 is 9.59 Å². The monoisotopic (exact) mass is 230 g/mol. The van der Waals surface area contributed by atoms with Crippen molar-refractivity contribution in [1.82, 2.24) is 0 Å². The third-order valence-corrected chi connectivity index (χ3v) is 2.72. The molecule has 0 bridgehead atoms. The topological polar surface area (TPSA) is 34.1 Å². The van der Waals surface area contributed by atoms with E-state index < -0.39 is 0 Å². The highest BCUT2D eigenvalue weighted by Gasteiger charge is 2.03. The molecule has 17 heavy (non-hydrogen) atoms. The van der Waals surface area contributed by atoms with E-state index in [-0.39, 0.29) is 5.78 Å². The van der Waals surface area contributed by atoms with Crippen LogP contribution in [-0.2, 0) is 22.4 Å². The first-order chi connectivity index (χ1) is 8.11. The molecule has 1 rings (SSSR count). The van der Waals surface area contributed by atoms with Crippen LogP contribution in [0.2, 0.25) is 6.32 Å². The van der Waals surface area contributed by atoms with E-state index in [0.717, 1.165) is 23.9 Å². The van der Waals surface area contributed by atoms with Gasteiger partial charge in [-0.05, 0) is 30.9 Å². The molecule has 3 heteroatoms. The molecule has 0 aliphatic heterocycles. The van der Waals surface area contributed by atoms with Gasteiger partial charge in [-0.15, -0.1) is 0 Å². The van der Waals surface area contributed by atoms with E-state index >= 15 is 0 Å². The minimum absolute atomic E-state index is 0.215. The number of aryl methyl sites for hydroxylation is 1. The normalized spacial score (nSPS) is 10.2. The second-order valence-corrected chi connectivity index (χ2v) is 4.48. The lowest BCUT2D eigenvalue weighted by Crippen LogP contribution is -2.02. The predicted octanol–water partition coefficient (Wildman–Crippen LogP) is 1.76. The first kappa shape index (κ1) is 13.7. The summed E-state index contributed by atoms with van der Waals surface area (Å²) < 4.78 is 0. The lowest BCUT2D eigenvalue weighted by atomic mass is 9.96. The highest BCUT2D eigenvalue weighted by atomic mass is 16.1. The van der Waals surface area contributed by atoms with Crippen LogP contribution in [0.4, 0.5) is 0 Å². The first-order valence-electron chi connectivity index (χ1n) is 6.20. The molecule has 0 aliphatic rings. The molecule has 0 saturated heterocycles. The van der Waals surface area contributed by atoms with Gasteiger partial charge >= 0.3 is 0 Å². The molecular weight excluding hydrogens is 211 g/mol. The van der Waals surface area contributed by atoms with Gasteiger partial charge in [0.25, 0.3) is 0 Å². The van der Waals surface area contributed by atoms with Gasteiger partial charge in [-0.3, -0.25) is 4.79 Å². The van der Waals surface area contributed by atoms with E-state index in [1.54, 1.807) is 6.92 Å². The Kier molecular flexibility index (Phi) is 5.68.